The van der Waals surface area contributed by atoms with Gasteiger partial charge < -0.3 is 14.5 Å². The van der Waals surface area contributed by atoms with E-state index < -0.39 is 0 Å². The third kappa shape index (κ3) is 2.99. The van der Waals surface area contributed by atoms with Crippen LogP contribution in [0.5, 0.6) is 0 Å². The highest BCUT2D eigenvalue weighted by Crippen LogP contribution is 2.14. The molecule has 0 atom stereocenters. The number of carbonyl (C=O) groups excluding carboxylic acids is 1. The van der Waals surface area contributed by atoms with E-state index in [1.807, 2.05) is 35.0 Å². The van der Waals surface area contributed by atoms with Crippen molar-refractivity contribution in [2.45, 2.75) is 19.3 Å². The predicted molar refractivity (Wildman–Crippen MR) is 75.4 cm³/mol. The summed E-state index contributed by atoms with van der Waals surface area (Å²) < 4.78 is 7.26. The fourth-order valence-electron chi connectivity index (χ4n) is 2.53. The molecule has 0 spiro atoms. The molecule has 5 heteroatoms. The highest BCUT2D eigenvalue weighted by atomic mass is 16.5. The van der Waals surface area contributed by atoms with Crippen LogP contribution in [0.2, 0.25) is 0 Å². The van der Waals surface area contributed by atoms with Crippen LogP contribution in [0.25, 0.3) is 5.65 Å². The van der Waals surface area contributed by atoms with Crippen LogP contribution in [0.1, 0.15) is 18.5 Å². The molecule has 1 amide bonds. The normalized spacial score (nSPS) is 16.4. The highest BCUT2D eigenvalue weighted by Gasteiger charge is 2.20. The molecule has 106 valence electrons. The monoisotopic (exact) mass is 273 g/mol. The summed E-state index contributed by atoms with van der Waals surface area (Å²) in [6, 6.07) is 5.93. The second-order valence-electron chi connectivity index (χ2n) is 5.13. The zero-order valence-corrected chi connectivity index (χ0v) is 11.4. The third-order valence-electron chi connectivity index (χ3n) is 3.69. The van der Waals surface area contributed by atoms with E-state index in [1.54, 1.807) is 0 Å². The zero-order valence-electron chi connectivity index (χ0n) is 11.4. The van der Waals surface area contributed by atoms with Gasteiger partial charge >= 0.3 is 0 Å². The standard InChI is InChI=1S/C15H19N3O2/c19-15(12-5-9-20-10-6-12)16-7-4-13-11-18-8-2-1-3-14(18)17-13/h1-3,8,11-12H,4-7,9-10H2,(H,16,19). The Morgan fingerprint density at radius 2 is 2.25 bits per heavy atom. The molecule has 20 heavy (non-hydrogen) atoms. The number of nitrogens with one attached hydrogen (secondary N) is 1. The maximum absolute atomic E-state index is 12.0. The molecule has 3 heterocycles. The average Bonchev–Trinajstić information content (AvgIpc) is 2.90. The number of hydrogen-bond acceptors (Lipinski definition) is 3. The average molecular weight is 273 g/mol. The zero-order chi connectivity index (χ0) is 13.8. The van der Waals surface area contributed by atoms with Gasteiger partial charge in [-0.3, -0.25) is 4.79 Å². The van der Waals surface area contributed by atoms with Crippen molar-refractivity contribution in [1.29, 1.82) is 0 Å². The van der Waals surface area contributed by atoms with Gasteiger partial charge in [0.05, 0.1) is 5.69 Å². The molecule has 1 aliphatic heterocycles. The van der Waals surface area contributed by atoms with E-state index in [0.717, 1.165) is 30.6 Å². The smallest absolute Gasteiger partial charge is 0.223 e. The van der Waals surface area contributed by atoms with Crippen LogP contribution in [-0.4, -0.2) is 35.1 Å². The van der Waals surface area contributed by atoms with Gasteiger partial charge in [0.15, 0.2) is 0 Å². The Bertz CT molecular complexity index is 555. The second kappa shape index (κ2) is 6.05. The first kappa shape index (κ1) is 13.1. The van der Waals surface area contributed by atoms with Gasteiger partial charge in [0.1, 0.15) is 5.65 Å². The van der Waals surface area contributed by atoms with Crippen LogP contribution in [0, 0.1) is 5.92 Å². The number of carbonyl (C=O) groups is 1. The van der Waals surface area contributed by atoms with Crippen LogP contribution in [0.3, 0.4) is 0 Å². The lowest BCUT2D eigenvalue weighted by Gasteiger charge is -2.21. The molecule has 0 aromatic carbocycles. The van der Waals surface area contributed by atoms with E-state index in [4.69, 9.17) is 4.74 Å². The number of imidazole rings is 1. The number of ether oxygens (including phenoxy) is 1. The maximum atomic E-state index is 12.0. The number of aromatic nitrogens is 2. The number of hydrogen-bond donors (Lipinski definition) is 1. The molecule has 1 fully saturated rings. The summed E-state index contributed by atoms with van der Waals surface area (Å²) in [6.45, 7) is 2.04. The van der Waals surface area contributed by atoms with Gasteiger partial charge in [0, 0.05) is 44.5 Å². The van der Waals surface area contributed by atoms with Crippen molar-refractivity contribution in [2.75, 3.05) is 19.8 Å². The van der Waals surface area contributed by atoms with Crippen molar-refractivity contribution in [3.05, 3.63) is 36.3 Å². The van der Waals surface area contributed by atoms with Gasteiger partial charge in [-0.05, 0) is 25.0 Å². The summed E-state index contributed by atoms with van der Waals surface area (Å²) in [6.07, 6.45) is 6.42. The van der Waals surface area contributed by atoms with Crippen LogP contribution in [0.15, 0.2) is 30.6 Å². The van der Waals surface area contributed by atoms with E-state index in [2.05, 4.69) is 10.3 Å². The lowest BCUT2D eigenvalue weighted by molar-refractivity contribution is -0.127. The minimum atomic E-state index is 0.116. The van der Waals surface area contributed by atoms with Crippen molar-refractivity contribution in [3.63, 3.8) is 0 Å². The SMILES string of the molecule is O=C(NCCc1cn2ccccc2n1)C1CCOCC1. The molecule has 0 saturated carbocycles. The molecule has 5 nitrogen and oxygen atoms in total. The van der Waals surface area contributed by atoms with E-state index >= 15 is 0 Å². The molecular weight excluding hydrogens is 254 g/mol. The molecule has 2 aromatic heterocycles. The molecule has 3 rings (SSSR count). The van der Waals surface area contributed by atoms with E-state index in [0.29, 0.717) is 19.8 Å². The molecule has 0 unspecified atom stereocenters. The van der Waals surface area contributed by atoms with Crippen molar-refractivity contribution < 1.29 is 9.53 Å². The first-order valence-corrected chi connectivity index (χ1v) is 7.11. The van der Waals surface area contributed by atoms with Gasteiger partial charge in [-0.1, -0.05) is 6.07 Å². The lowest BCUT2D eigenvalue weighted by atomic mass is 9.99. The largest absolute Gasteiger partial charge is 0.381 e. The summed E-state index contributed by atoms with van der Waals surface area (Å²) >= 11 is 0. The topological polar surface area (TPSA) is 55.6 Å². The molecule has 1 N–H and O–H groups in total. The Balaban J connectivity index is 1.50. The minimum absolute atomic E-state index is 0.116. The Morgan fingerprint density at radius 3 is 3.05 bits per heavy atom. The molecule has 1 saturated heterocycles. The number of fused-ring (bicyclic) bond motifs is 1. The van der Waals surface area contributed by atoms with Crippen LogP contribution in [-0.2, 0) is 16.0 Å². The summed E-state index contributed by atoms with van der Waals surface area (Å²) in [4.78, 5) is 16.5. The summed E-state index contributed by atoms with van der Waals surface area (Å²) in [5, 5.41) is 3.00. The van der Waals surface area contributed by atoms with Gasteiger partial charge in [-0.25, -0.2) is 4.98 Å². The summed E-state index contributed by atoms with van der Waals surface area (Å²) in [5.74, 6) is 0.266. The van der Waals surface area contributed by atoms with Crippen LogP contribution in [0.4, 0.5) is 0 Å². The van der Waals surface area contributed by atoms with Crippen molar-refractivity contribution in [1.82, 2.24) is 14.7 Å². The molecule has 0 radical (unpaired) electrons. The molecule has 0 aliphatic carbocycles. The fourth-order valence-corrected chi connectivity index (χ4v) is 2.53. The Kier molecular flexibility index (Phi) is 3.97. The third-order valence-corrected chi connectivity index (χ3v) is 3.69. The highest BCUT2D eigenvalue weighted by molar-refractivity contribution is 5.78. The minimum Gasteiger partial charge on any atom is -0.381 e. The van der Waals surface area contributed by atoms with Crippen LogP contribution < -0.4 is 5.32 Å². The maximum Gasteiger partial charge on any atom is 0.223 e. The first-order chi connectivity index (χ1) is 9.83. The van der Waals surface area contributed by atoms with Crippen molar-refractivity contribution in [3.8, 4) is 0 Å². The first-order valence-electron chi connectivity index (χ1n) is 7.11. The fraction of sp³-hybridized carbons (Fsp3) is 0.467. The Hall–Kier alpha value is -1.88. The molecular formula is C15H19N3O2. The van der Waals surface area contributed by atoms with Crippen molar-refractivity contribution in [2.24, 2.45) is 5.92 Å². The van der Waals surface area contributed by atoms with Gasteiger partial charge in [0.2, 0.25) is 5.91 Å². The van der Waals surface area contributed by atoms with Crippen molar-refractivity contribution >= 4 is 11.6 Å². The number of rotatable bonds is 4. The lowest BCUT2D eigenvalue weighted by Crippen LogP contribution is -2.35. The Morgan fingerprint density at radius 1 is 1.40 bits per heavy atom. The number of nitrogens with zero attached hydrogens (tertiary/aromatic N) is 2. The number of pyridine rings is 1. The second-order valence-corrected chi connectivity index (χ2v) is 5.13. The van der Waals surface area contributed by atoms with Gasteiger partial charge in [-0.15, -0.1) is 0 Å². The van der Waals surface area contributed by atoms with E-state index in [9.17, 15) is 4.79 Å². The Labute approximate surface area is 118 Å². The van der Waals surface area contributed by atoms with E-state index in [-0.39, 0.29) is 11.8 Å². The van der Waals surface area contributed by atoms with E-state index in [1.165, 1.54) is 0 Å². The van der Waals surface area contributed by atoms with Crippen LogP contribution >= 0.6 is 0 Å². The predicted octanol–water partition coefficient (Wildman–Crippen LogP) is 1.42. The van der Waals surface area contributed by atoms with Gasteiger partial charge in [0.25, 0.3) is 0 Å². The molecule has 0 bridgehead atoms. The van der Waals surface area contributed by atoms with Gasteiger partial charge in [-0.2, -0.15) is 0 Å². The summed E-state index contributed by atoms with van der Waals surface area (Å²) in [5.41, 5.74) is 1.95. The molecule has 2 aromatic rings. The quantitative estimate of drug-likeness (QED) is 0.916. The number of amides is 1. The molecule has 1 aliphatic rings. The summed E-state index contributed by atoms with van der Waals surface area (Å²) in [7, 11) is 0.